The van der Waals surface area contributed by atoms with Crippen molar-refractivity contribution in [3.8, 4) is 12.3 Å². The SMILES string of the molecule is C#CCN[C@H]1C[C@H](O)c2ccccc21. The molecule has 0 amide bonds. The van der Waals surface area contributed by atoms with Gasteiger partial charge in [0.2, 0.25) is 0 Å². The fourth-order valence-electron chi connectivity index (χ4n) is 1.98. The Morgan fingerprint density at radius 1 is 1.43 bits per heavy atom. The van der Waals surface area contributed by atoms with E-state index in [0.717, 1.165) is 12.0 Å². The minimum Gasteiger partial charge on any atom is -0.388 e. The highest BCUT2D eigenvalue weighted by Crippen LogP contribution is 2.37. The van der Waals surface area contributed by atoms with Crippen LogP contribution in [0.25, 0.3) is 0 Å². The summed E-state index contributed by atoms with van der Waals surface area (Å²) in [7, 11) is 0. The Hall–Kier alpha value is -1.30. The lowest BCUT2D eigenvalue weighted by molar-refractivity contribution is 0.169. The first-order valence-corrected chi connectivity index (χ1v) is 4.76. The molecule has 2 N–H and O–H groups in total. The average Bonchev–Trinajstić information content (AvgIpc) is 2.54. The van der Waals surface area contributed by atoms with Gasteiger partial charge in [0.05, 0.1) is 12.6 Å². The Balaban J connectivity index is 2.22. The first-order valence-electron chi connectivity index (χ1n) is 4.76. The number of terminal acetylenes is 1. The summed E-state index contributed by atoms with van der Waals surface area (Å²) in [5.41, 5.74) is 2.21. The van der Waals surface area contributed by atoms with Crippen LogP contribution in [0.2, 0.25) is 0 Å². The van der Waals surface area contributed by atoms with Gasteiger partial charge in [-0.15, -0.1) is 6.42 Å². The van der Waals surface area contributed by atoms with E-state index in [0.29, 0.717) is 6.54 Å². The van der Waals surface area contributed by atoms with E-state index >= 15 is 0 Å². The van der Waals surface area contributed by atoms with Crippen LogP contribution in [0, 0.1) is 12.3 Å². The number of aliphatic hydroxyl groups is 1. The van der Waals surface area contributed by atoms with E-state index in [4.69, 9.17) is 6.42 Å². The van der Waals surface area contributed by atoms with E-state index in [-0.39, 0.29) is 12.1 Å². The number of hydrogen-bond donors (Lipinski definition) is 2. The molecule has 0 aromatic heterocycles. The summed E-state index contributed by atoms with van der Waals surface area (Å²) in [4.78, 5) is 0. The number of fused-ring (bicyclic) bond motifs is 1. The molecule has 0 aliphatic heterocycles. The summed E-state index contributed by atoms with van der Waals surface area (Å²) in [6.45, 7) is 0.547. The van der Waals surface area contributed by atoms with Crippen molar-refractivity contribution >= 4 is 0 Å². The van der Waals surface area contributed by atoms with Crippen molar-refractivity contribution in [2.24, 2.45) is 0 Å². The molecule has 2 rings (SSSR count). The zero-order valence-corrected chi connectivity index (χ0v) is 7.90. The summed E-state index contributed by atoms with van der Waals surface area (Å²) in [5, 5.41) is 13.0. The quantitative estimate of drug-likeness (QED) is 0.686. The highest BCUT2D eigenvalue weighted by Gasteiger charge is 2.28. The van der Waals surface area contributed by atoms with Gasteiger partial charge in [0.15, 0.2) is 0 Å². The maximum absolute atomic E-state index is 9.76. The molecule has 0 saturated heterocycles. The lowest BCUT2D eigenvalue weighted by Gasteiger charge is -2.10. The third-order valence-corrected chi connectivity index (χ3v) is 2.64. The zero-order chi connectivity index (χ0) is 9.97. The molecule has 1 aliphatic carbocycles. The molecule has 1 aliphatic rings. The number of aliphatic hydroxyl groups excluding tert-OH is 1. The van der Waals surface area contributed by atoms with Crippen LogP contribution in [-0.4, -0.2) is 11.7 Å². The van der Waals surface area contributed by atoms with Crippen LogP contribution in [0.5, 0.6) is 0 Å². The Bertz CT molecular complexity index is 367. The lowest BCUT2D eigenvalue weighted by Crippen LogP contribution is -2.19. The molecule has 0 spiro atoms. The normalized spacial score (nSPS) is 24.3. The second-order valence-electron chi connectivity index (χ2n) is 3.52. The smallest absolute Gasteiger partial charge is 0.0811 e. The largest absolute Gasteiger partial charge is 0.388 e. The van der Waals surface area contributed by atoms with Gasteiger partial charge in [-0.2, -0.15) is 0 Å². The molecule has 2 heteroatoms. The summed E-state index contributed by atoms with van der Waals surface area (Å²) in [6, 6.07) is 8.15. The molecule has 0 saturated carbocycles. The van der Waals surface area contributed by atoms with Crippen molar-refractivity contribution in [2.45, 2.75) is 18.6 Å². The monoisotopic (exact) mass is 187 g/mol. The van der Waals surface area contributed by atoms with Gasteiger partial charge in [-0.25, -0.2) is 0 Å². The van der Waals surface area contributed by atoms with E-state index in [1.165, 1.54) is 5.56 Å². The standard InChI is InChI=1S/C12H13NO/c1-2-7-13-11-8-12(14)10-6-4-3-5-9(10)11/h1,3-6,11-14H,7-8H2/t11-,12-/m0/s1. The van der Waals surface area contributed by atoms with Crippen LogP contribution in [-0.2, 0) is 0 Å². The van der Waals surface area contributed by atoms with E-state index in [1.54, 1.807) is 0 Å². The van der Waals surface area contributed by atoms with Crippen molar-refractivity contribution in [3.63, 3.8) is 0 Å². The predicted octanol–water partition coefficient (Wildman–Crippen LogP) is 1.39. The van der Waals surface area contributed by atoms with Gasteiger partial charge in [-0.1, -0.05) is 30.2 Å². The molecule has 0 bridgehead atoms. The van der Waals surface area contributed by atoms with Crippen LogP contribution >= 0.6 is 0 Å². The Kier molecular flexibility index (Phi) is 2.53. The summed E-state index contributed by atoms with van der Waals surface area (Å²) in [5.74, 6) is 2.55. The number of nitrogens with one attached hydrogen (secondary N) is 1. The van der Waals surface area contributed by atoms with E-state index in [2.05, 4.69) is 11.2 Å². The topological polar surface area (TPSA) is 32.3 Å². The summed E-state index contributed by atoms with van der Waals surface area (Å²) < 4.78 is 0. The lowest BCUT2D eigenvalue weighted by atomic mass is 10.1. The van der Waals surface area contributed by atoms with Gasteiger partial charge in [-0.05, 0) is 17.5 Å². The molecule has 1 aromatic carbocycles. The van der Waals surface area contributed by atoms with Crippen LogP contribution in [0.4, 0.5) is 0 Å². The van der Waals surface area contributed by atoms with Crippen molar-refractivity contribution in [1.29, 1.82) is 0 Å². The van der Waals surface area contributed by atoms with Gasteiger partial charge in [0, 0.05) is 6.04 Å². The van der Waals surface area contributed by atoms with Gasteiger partial charge in [0.25, 0.3) is 0 Å². The Morgan fingerprint density at radius 2 is 2.14 bits per heavy atom. The highest BCUT2D eigenvalue weighted by atomic mass is 16.3. The fraction of sp³-hybridized carbons (Fsp3) is 0.333. The Labute approximate surface area is 84.0 Å². The van der Waals surface area contributed by atoms with Crippen LogP contribution < -0.4 is 5.32 Å². The maximum Gasteiger partial charge on any atom is 0.0811 e. The third-order valence-electron chi connectivity index (χ3n) is 2.64. The van der Waals surface area contributed by atoms with Crippen molar-refractivity contribution in [2.75, 3.05) is 6.54 Å². The minimum absolute atomic E-state index is 0.206. The Morgan fingerprint density at radius 3 is 2.86 bits per heavy atom. The van der Waals surface area contributed by atoms with Crippen molar-refractivity contribution in [1.82, 2.24) is 5.32 Å². The zero-order valence-electron chi connectivity index (χ0n) is 7.90. The second-order valence-corrected chi connectivity index (χ2v) is 3.52. The van der Waals surface area contributed by atoms with E-state index in [1.807, 2.05) is 24.3 Å². The van der Waals surface area contributed by atoms with Crippen molar-refractivity contribution < 1.29 is 5.11 Å². The van der Waals surface area contributed by atoms with Crippen LogP contribution in [0.3, 0.4) is 0 Å². The van der Waals surface area contributed by atoms with E-state index in [9.17, 15) is 5.11 Å². The van der Waals surface area contributed by atoms with Crippen LogP contribution in [0.15, 0.2) is 24.3 Å². The molecule has 0 heterocycles. The molecular weight excluding hydrogens is 174 g/mol. The highest BCUT2D eigenvalue weighted by molar-refractivity contribution is 5.36. The van der Waals surface area contributed by atoms with Gasteiger partial charge >= 0.3 is 0 Å². The molecule has 0 radical (unpaired) electrons. The molecule has 14 heavy (non-hydrogen) atoms. The number of hydrogen-bond acceptors (Lipinski definition) is 2. The third kappa shape index (κ3) is 1.52. The average molecular weight is 187 g/mol. The molecule has 1 aromatic rings. The summed E-state index contributed by atoms with van der Waals surface area (Å²) >= 11 is 0. The molecule has 72 valence electrons. The van der Waals surface area contributed by atoms with Crippen molar-refractivity contribution in [3.05, 3.63) is 35.4 Å². The predicted molar refractivity (Wildman–Crippen MR) is 55.6 cm³/mol. The molecule has 0 fully saturated rings. The number of benzene rings is 1. The fourth-order valence-corrected chi connectivity index (χ4v) is 1.98. The van der Waals surface area contributed by atoms with Gasteiger partial charge in [-0.3, -0.25) is 5.32 Å². The van der Waals surface area contributed by atoms with Gasteiger partial charge in [0.1, 0.15) is 0 Å². The van der Waals surface area contributed by atoms with Gasteiger partial charge < -0.3 is 5.11 Å². The molecule has 0 unspecified atom stereocenters. The second kappa shape index (κ2) is 3.83. The van der Waals surface area contributed by atoms with E-state index < -0.39 is 0 Å². The molecule has 2 nitrogen and oxygen atoms in total. The first-order chi connectivity index (χ1) is 6.83. The molecular formula is C12H13NO. The first kappa shape index (κ1) is 9.26. The maximum atomic E-state index is 9.76. The van der Waals surface area contributed by atoms with Crippen LogP contribution in [0.1, 0.15) is 29.7 Å². The number of rotatable bonds is 2. The minimum atomic E-state index is -0.346. The summed E-state index contributed by atoms with van der Waals surface area (Å²) in [6.07, 6.45) is 5.56. The molecule has 2 atom stereocenters.